The van der Waals surface area contributed by atoms with E-state index in [-0.39, 0.29) is 13.1 Å². The third kappa shape index (κ3) is 4.53. The van der Waals surface area contributed by atoms with E-state index < -0.39 is 11.9 Å². The number of thioether (sulfide) groups is 1. The normalized spacial score (nSPS) is 11.1. The Kier molecular flexibility index (Phi) is 5.72. The molecular formula is C13H13N3O2S. The number of rotatable bonds is 6. The van der Waals surface area contributed by atoms with Crippen molar-refractivity contribution in [1.82, 2.24) is 0 Å². The molecule has 0 fully saturated rings. The van der Waals surface area contributed by atoms with Gasteiger partial charge in [0.1, 0.15) is 11.9 Å². The number of nitriles is 2. The van der Waals surface area contributed by atoms with E-state index >= 15 is 0 Å². The molecule has 0 saturated carbocycles. The molecule has 5 nitrogen and oxygen atoms in total. The molecule has 1 unspecified atom stereocenters. The minimum absolute atomic E-state index is 0.127. The van der Waals surface area contributed by atoms with Crippen LogP contribution >= 0.6 is 11.8 Å². The summed E-state index contributed by atoms with van der Waals surface area (Å²) in [6, 6.07) is 9.15. The van der Waals surface area contributed by atoms with E-state index in [1.54, 1.807) is 36.1 Å². The molecule has 98 valence electrons. The lowest BCUT2D eigenvalue weighted by Gasteiger charge is -2.23. The average molecular weight is 275 g/mol. The summed E-state index contributed by atoms with van der Waals surface area (Å²) < 4.78 is 0. The van der Waals surface area contributed by atoms with E-state index in [1.807, 2.05) is 11.5 Å². The van der Waals surface area contributed by atoms with Crippen LogP contribution in [0.5, 0.6) is 0 Å². The molecule has 0 saturated heterocycles. The molecule has 0 amide bonds. The zero-order chi connectivity index (χ0) is 14.3. The highest BCUT2D eigenvalue weighted by molar-refractivity contribution is 8.03. The van der Waals surface area contributed by atoms with Crippen molar-refractivity contribution >= 4 is 23.4 Å². The quantitative estimate of drug-likeness (QED) is 0.487. The second-order valence-corrected chi connectivity index (χ2v) is 4.82. The van der Waals surface area contributed by atoms with Gasteiger partial charge in [0, 0.05) is 17.1 Å². The van der Waals surface area contributed by atoms with Crippen molar-refractivity contribution in [2.75, 3.05) is 18.0 Å². The van der Waals surface area contributed by atoms with Crippen LogP contribution in [0.15, 0.2) is 29.2 Å². The van der Waals surface area contributed by atoms with E-state index in [0.717, 1.165) is 22.3 Å². The van der Waals surface area contributed by atoms with Gasteiger partial charge in [-0.1, -0.05) is 6.92 Å². The number of thiocyanates is 1. The average Bonchev–Trinajstić information content (AvgIpc) is 2.39. The SMILES string of the molecule is CC(CN(CC#N)c1ccc(SC#N)cc1)C(=O)O. The Hall–Kier alpha value is -2.18. The maximum Gasteiger partial charge on any atom is 0.308 e. The maximum atomic E-state index is 10.9. The zero-order valence-electron chi connectivity index (χ0n) is 10.4. The molecule has 1 aromatic carbocycles. The van der Waals surface area contributed by atoms with Gasteiger partial charge < -0.3 is 10.0 Å². The first-order valence-corrected chi connectivity index (χ1v) is 6.40. The van der Waals surface area contributed by atoms with Crippen LogP contribution in [0, 0.1) is 27.9 Å². The summed E-state index contributed by atoms with van der Waals surface area (Å²) in [7, 11) is 0. The molecule has 1 atom stereocenters. The van der Waals surface area contributed by atoms with Crippen LogP contribution in [0.3, 0.4) is 0 Å². The predicted molar refractivity (Wildman–Crippen MR) is 72.5 cm³/mol. The summed E-state index contributed by atoms with van der Waals surface area (Å²) in [5.41, 5.74) is 0.775. The molecule has 6 heteroatoms. The van der Waals surface area contributed by atoms with Crippen LogP contribution < -0.4 is 4.90 Å². The molecule has 0 bridgehead atoms. The highest BCUT2D eigenvalue weighted by Gasteiger charge is 2.16. The lowest BCUT2D eigenvalue weighted by Crippen LogP contribution is -2.32. The molecule has 0 spiro atoms. The molecule has 0 radical (unpaired) electrons. The van der Waals surface area contributed by atoms with E-state index in [4.69, 9.17) is 15.6 Å². The number of hydrogen-bond donors (Lipinski definition) is 1. The number of aliphatic carboxylic acids is 1. The van der Waals surface area contributed by atoms with Gasteiger partial charge in [0.05, 0.1) is 12.0 Å². The molecule has 0 heterocycles. The first-order chi connectivity index (χ1) is 9.08. The Bertz CT molecular complexity index is 516. The Morgan fingerprint density at radius 2 is 2.05 bits per heavy atom. The maximum absolute atomic E-state index is 10.9. The van der Waals surface area contributed by atoms with Crippen molar-refractivity contribution in [2.45, 2.75) is 11.8 Å². The molecule has 1 rings (SSSR count). The first kappa shape index (κ1) is 14.9. The summed E-state index contributed by atoms with van der Waals surface area (Å²) in [5.74, 6) is -1.44. The highest BCUT2D eigenvalue weighted by Crippen LogP contribution is 2.22. The monoisotopic (exact) mass is 275 g/mol. The molecule has 0 aliphatic carbocycles. The summed E-state index contributed by atoms with van der Waals surface area (Å²) in [5, 5.41) is 28.2. The van der Waals surface area contributed by atoms with Crippen LogP contribution in [-0.4, -0.2) is 24.2 Å². The third-order valence-corrected chi connectivity index (χ3v) is 3.14. The van der Waals surface area contributed by atoms with E-state index in [9.17, 15) is 4.79 Å². The number of carboxylic acid groups (broad SMARTS) is 1. The number of nitrogens with zero attached hydrogens (tertiary/aromatic N) is 3. The van der Waals surface area contributed by atoms with Crippen LogP contribution in [0.1, 0.15) is 6.92 Å². The van der Waals surface area contributed by atoms with Crippen LogP contribution in [0.4, 0.5) is 5.69 Å². The van der Waals surface area contributed by atoms with E-state index in [0.29, 0.717) is 0 Å². The fraction of sp³-hybridized carbons (Fsp3) is 0.308. The number of carboxylic acids is 1. The molecule has 0 aliphatic rings. The van der Waals surface area contributed by atoms with Crippen LogP contribution in [0.25, 0.3) is 0 Å². The van der Waals surface area contributed by atoms with Crippen LogP contribution in [0.2, 0.25) is 0 Å². The van der Waals surface area contributed by atoms with Gasteiger partial charge in [0.25, 0.3) is 0 Å². The van der Waals surface area contributed by atoms with Gasteiger partial charge in [-0.3, -0.25) is 4.79 Å². The zero-order valence-corrected chi connectivity index (χ0v) is 11.2. The van der Waals surface area contributed by atoms with E-state index in [1.165, 1.54) is 0 Å². The Morgan fingerprint density at radius 1 is 1.42 bits per heavy atom. The van der Waals surface area contributed by atoms with Gasteiger partial charge in [-0.25, -0.2) is 0 Å². The second kappa shape index (κ2) is 7.30. The fourth-order valence-electron chi connectivity index (χ4n) is 1.53. The smallest absolute Gasteiger partial charge is 0.308 e. The Labute approximate surface area is 116 Å². The Morgan fingerprint density at radius 3 is 2.53 bits per heavy atom. The second-order valence-electron chi connectivity index (χ2n) is 3.97. The van der Waals surface area contributed by atoms with Crippen molar-refractivity contribution in [3.8, 4) is 11.5 Å². The largest absolute Gasteiger partial charge is 0.481 e. The lowest BCUT2D eigenvalue weighted by molar-refractivity contribution is -0.140. The molecule has 0 aliphatic heterocycles. The van der Waals surface area contributed by atoms with Gasteiger partial charge in [0.15, 0.2) is 0 Å². The van der Waals surface area contributed by atoms with Crippen molar-refractivity contribution in [1.29, 1.82) is 10.5 Å². The molecule has 0 aromatic heterocycles. The topological polar surface area (TPSA) is 88.1 Å². The molecule has 19 heavy (non-hydrogen) atoms. The van der Waals surface area contributed by atoms with Crippen molar-refractivity contribution in [3.05, 3.63) is 24.3 Å². The summed E-state index contributed by atoms with van der Waals surface area (Å²) in [6.45, 7) is 2.00. The predicted octanol–water partition coefficient (Wildman–Crippen LogP) is 2.31. The van der Waals surface area contributed by atoms with Gasteiger partial charge >= 0.3 is 5.97 Å². The summed E-state index contributed by atoms with van der Waals surface area (Å²) >= 11 is 1.06. The van der Waals surface area contributed by atoms with Crippen molar-refractivity contribution < 1.29 is 9.90 Å². The Balaban J connectivity index is 2.84. The van der Waals surface area contributed by atoms with Gasteiger partial charge in [-0.05, 0) is 36.0 Å². The van der Waals surface area contributed by atoms with E-state index in [2.05, 4.69) is 0 Å². The summed E-state index contributed by atoms with van der Waals surface area (Å²) in [6.07, 6.45) is 0. The fourth-order valence-corrected chi connectivity index (χ4v) is 1.91. The molecular weight excluding hydrogens is 262 g/mol. The minimum Gasteiger partial charge on any atom is -0.481 e. The number of carbonyl (C=O) groups is 1. The summed E-state index contributed by atoms with van der Waals surface area (Å²) in [4.78, 5) is 13.4. The first-order valence-electron chi connectivity index (χ1n) is 5.59. The molecule has 1 N–H and O–H groups in total. The van der Waals surface area contributed by atoms with Gasteiger partial charge in [-0.15, -0.1) is 0 Å². The van der Waals surface area contributed by atoms with Crippen molar-refractivity contribution in [3.63, 3.8) is 0 Å². The standard InChI is InChI=1S/C13H13N3O2S/c1-10(13(17)18)8-16(7-6-14)11-2-4-12(5-3-11)19-9-15/h2-5,10H,7-8H2,1H3,(H,17,18). The molecule has 1 aromatic rings. The van der Waals surface area contributed by atoms with Crippen LogP contribution in [-0.2, 0) is 4.79 Å². The van der Waals surface area contributed by atoms with Gasteiger partial charge in [-0.2, -0.15) is 10.5 Å². The van der Waals surface area contributed by atoms with Crippen molar-refractivity contribution in [2.24, 2.45) is 5.92 Å². The number of benzene rings is 1. The van der Waals surface area contributed by atoms with Gasteiger partial charge in [0.2, 0.25) is 0 Å². The minimum atomic E-state index is -0.889. The highest BCUT2D eigenvalue weighted by atomic mass is 32.2. The number of anilines is 1. The lowest BCUT2D eigenvalue weighted by atomic mass is 10.1. The number of hydrogen-bond acceptors (Lipinski definition) is 5. The third-order valence-electron chi connectivity index (χ3n) is 2.54.